The second-order valence-electron chi connectivity index (χ2n) is 11.0. The maximum Gasteiger partial charge on any atom is 0.324 e. The molecule has 2 unspecified atom stereocenters. The Morgan fingerprint density at radius 2 is 2.02 bits per heavy atom. The number of amidine groups is 1. The molecule has 0 radical (unpaired) electrons. The van der Waals surface area contributed by atoms with Crippen LogP contribution in [0, 0.1) is 0 Å². The fourth-order valence-electron chi connectivity index (χ4n) is 5.08. The summed E-state index contributed by atoms with van der Waals surface area (Å²) in [5.41, 5.74) is 2.14. The second kappa shape index (κ2) is 11.8. The van der Waals surface area contributed by atoms with Gasteiger partial charge in [-0.1, -0.05) is 35.1 Å². The zero-order chi connectivity index (χ0) is 28.4. The summed E-state index contributed by atoms with van der Waals surface area (Å²) in [6, 6.07) is 8.82. The Morgan fingerprint density at radius 3 is 2.80 bits per heavy atom. The van der Waals surface area contributed by atoms with Gasteiger partial charge in [0.15, 0.2) is 16.7 Å². The van der Waals surface area contributed by atoms with Gasteiger partial charge in [-0.3, -0.25) is 15.2 Å². The lowest BCUT2D eigenvalue weighted by atomic mass is 9.93. The van der Waals surface area contributed by atoms with Crippen LogP contribution < -0.4 is 10.6 Å². The minimum absolute atomic E-state index is 0.0278. The summed E-state index contributed by atoms with van der Waals surface area (Å²) in [5.74, 6) is 0.614. The lowest BCUT2D eigenvalue weighted by Crippen LogP contribution is -2.38. The molecule has 0 bridgehead atoms. The smallest absolute Gasteiger partial charge is 0.324 e. The van der Waals surface area contributed by atoms with Crippen LogP contribution in [0.15, 0.2) is 62.6 Å². The largest absolute Gasteiger partial charge is 0.379 e. The van der Waals surface area contributed by atoms with Gasteiger partial charge in [-0.25, -0.2) is 4.79 Å². The first-order valence-corrected chi connectivity index (χ1v) is 14.7. The topological polar surface area (TPSA) is 122 Å². The third-order valence-electron chi connectivity index (χ3n) is 7.58. The first-order valence-electron chi connectivity index (χ1n) is 13.9. The standard InChI is InChI=1S/C29H34N6O5S/c1-29(2,18-36)25-16-26(33-40-25)32-27(37)30-20-5-3-19(4-6-20)22-17-35-23-8-7-21(15-24(23)41-28(35)31-22)39-14-11-34-9-12-38-13-10-34/h3-8,16,18,21-22H,9-15,17H2,1-2H3,(H2,30,32,33,37). The van der Waals surface area contributed by atoms with Crippen LogP contribution in [0.3, 0.4) is 0 Å². The van der Waals surface area contributed by atoms with E-state index in [-0.39, 0.29) is 18.0 Å². The zero-order valence-corrected chi connectivity index (χ0v) is 24.0. The average molecular weight is 579 g/mol. The predicted octanol–water partition coefficient (Wildman–Crippen LogP) is 4.14. The molecule has 0 spiro atoms. The molecule has 4 heterocycles. The fourth-order valence-corrected chi connectivity index (χ4v) is 6.30. The number of benzene rings is 1. The zero-order valence-electron chi connectivity index (χ0n) is 23.2. The van der Waals surface area contributed by atoms with Crippen LogP contribution in [0.1, 0.15) is 37.6 Å². The van der Waals surface area contributed by atoms with Crippen LogP contribution in [0.4, 0.5) is 16.3 Å². The van der Waals surface area contributed by atoms with Crippen molar-refractivity contribution in [2.45, 2.75) is 37.8 Å². The molecule has 1 aromatic carbocycles. The molecular formula is C29H34N6O5S. The van der Waals surface area contributed by atoms with Crippen molar-refractivity contribution in [1.82, 2.24) is 15.0 Å². The molecule has 1 aliphatic carbocycles. The third-order valence-corrected chi connectivity index (χ3v) is 8.71. The summed E-state index contributed by atoms with van der Waals surface area (Å²) in [7, 11) is 0. The van der Waals surface area contributed by atoms with Crippen LogP contribution in [-0.4, -0.2) is 84.5 Å². The number of allylic oxidation sites excluding steroid dienone is 1. The number of ether oxygens (including phenoxy) is 2. The number of aldehydes is 1. The SMILES string of the molecule is CC(C)(C=O)c1cc(NC(=O)Nc2ccc(C3CN4C(=N3)SC3=C4C=CC(OCCN4CCOCC4)C3)cc2)no1. The van der Waals surface area contributed by atoms with Crippen molar-refractivity contribution >= 4 is 40.8 Å². The molecular weight excluding hydrogens is 544 g/mol. The molecule has 6 rings (SSSR count). The molecule has 1 saturated heterocycles. The molecule has 2 aromatic rings. The lowest BCUT2D eigenvalue weighted by Gasteiger charge is -2.27. The minimum atomic E-state index is -0.818. The summed E-state index contributed by atoms with van der Waals surface area (Å²) < 4.78 is 16.8. The van der Waals surface area contributed by atoms with Crippen LogP contribution in [0.5, 0.6) is 0 Å². The van der Waals surface area contributed by atoms with E-state index in [0.29, 0.717) is 11.4 Å². The van der Waals surface area contributed by atoms with Crippen LogP contribution in [-0.2, 0) is 19.7 Å². The monoisotopic (exact) mass is 578 g/mol. The summed E-state index contributed by atoms with van der Waals surface area (Å²) >= 11 is 1.75. The van der Waals surface area contributed by atoms with Gasteiger partial charge in [0.1, 0.15) is 6.29 Å². The first kappa shape index (κ1) is 27.7. The number of rotatable bonds is 9. The van der Waals surface area contributed by atoms with Gasteiger partial charge < -0.3 is 29.0 Å². The number of anilines is 2. The number of hydrogen-bond acceptors (Lipinski definition) is 10. The molecule has 11 nitrogen and oxygen atoms in total. The highest BCUT2D eigenvalue weighted by atomic mass is 32.2. The molecule has 2 atom stereocenters. The van der Waals surface area contributed by atoms with Gasteiger partial charge in [0, 0.05) is 42.7 Å². The molecule has 2 N–H and O–H groups in total. The van der Waals surface area contributed by atoms with E-state index in [1.54, 1.807) is 31.7 Å². The summed E-state index contributed by atoms with van der Waals surface area (Å²) in [4.78, 5) is 34.7. The second-order valence-corrected chi connectivity index (χ2v) is 12.1. The minimum Gasteiger partial charge on any atom is -0.379 e. The molecule has 1 aromatic heterocycles. The van der Waals surface area contributed by atoms with E-state index in [9.17, 15) is 9.59 Å². The van der Waals surface area contributed by atoms with Crippen molar-refractivity contribution in [3.05, 3.63) is 64.4 Å². The molecule has 1 fully saturated rings. The summed E-state index contributed by atoms with van der Waals surface area (Å²) in [6.07, 6.45) is 6.11. The molecule has 2 amide bonds. The van der Waals surface area contributed by atoms with Crippen LogP contribution in [0.2, 0.25) is 0 Å². The number of nitrogens with one attached hydrogen (secondary N) is 2. The van der Waals surface area contributed by atoms with E-state index < -0.39 is 11.4 Å². The number of carbonyl (C=O) groups is 2. The number of carbonyl (C=O) groups excluding carboxylic acids is 2. The van der Waals surface area contributed by atoms with Gasteiger partial charge in [0.2, 0.25) is 0 Å². The predicted molar refractivity (Wildman–Crippen MR) is 157 cm³/mol. The Labute approximate surface area is 243 Å². The highest BCUT2D eigenvalue weighted by molar-refractivity contribution is 8.17. The van der Waals surface area contributed by atoms with Gasteiger partial charge in [0.25, 0.3) is 0 Å². The summed E-state index contributed by atoms with van der Waals surface area (Å²) in [6.45, 7) is 9.45. The molecule has 4 aliphatic rings. The van der Waals surface area contributed by atoms with Crippen molar-refractivity contribution in [3.63, 3.8) is 0 Å². The molecule has 216 valence electrons. The van der Waals surface area contributed by atoms with E-state index in [1.165, 1.54) is 10.6 Å². The number of morpholine rings is 1. The number of thioether (sulfide) groups is 1. The molecule has 41 heavy (non-hydrogen) atoms. The first-order chi connectivity index (χ1) is 19.9. The van der Waals surface area contributed by atoms with E-state index in [1.807, 2.05) is 24.3 Å². The third kappa shape index (κ3) is 6.25. The van der Waals surface area contributed by atoms with Gasteiger partial charge in [-0.15, -0.1) is 0 Å². The normalized spacial score (nSPS) is 22.4. The van der Waals surface area contributed by atoms with Crippen LogP contribution in [0.25, 0.3) is 0 Å². The highest BCUT2D eigenvalue weighted by Crippen LogP contribution is 2.45. The van der Waals surface area contributed by atoms with Crippen molar-refractivity contribution < 1.29 is 23.6 Å². The number of amides is 2. The Balaban J connectivity index is 0.979. The van der Waals surface area contributed by atoms with E-state index in [2.05, 4.69) is 37.7 Å². The number of aromatic nitrogens is 1. The molecule has 0 saturated carbocycles. The van der Waals surface area contributed by atoms with E-state index >= 15 is 0 Å². The van der Waals surface area contributed by atoms with E-state index in [0.717, 1.165) is 69.4 Å². The lowest BCUT2D eigenvalue weighted by molar-refractivity contribution is -0.112. The quantitative estimate of drug-likeness (QED) is 0.423. The highest BCUT2D eigenvalue weighted by Gasteiger charge is 2.37. The number of aliphatic imine (C=N–C) groups is 1. The Kier molecular flexibility index (Phi) is 7.98. The Morgan fingerprint density at radius 1 is 1.22 bits per heavy atom. The number of hydrogen-bond donors (Lipinski definition) is 2. The van der Waals surface area contributed by atoms with Crippen molar-refractivity contribution in [1.29, 1.82) is 0 Å². The Bertz CT molecular complexity index is 1380. The average Bonchev–Trinajstić information content (AvgIpc) is 3.69. The molecule has 12 heteroatoms. The van der Waals surface area contributed by atoms with Gasteiger partial charge >= 0.3 is 6.03 Å². The maximum absolute atomic E-state index is 12.4. The Hall–Kier alpha value is -3.45. The van der Waals surface area contributed by atoms with Gasteiger partial charge in [-0.2, -0.15) is 0 Å². The van der Waals surface area contributed by atoms with Gasteiger partial charge in [-0.05, 0) is 37.6 Å². The summed E-state index contributed by atoms with van der Waals surface area (Å²) in [5, 5.41) is 10.3. The fraction of sp³-hybridized carbons (Fsp3) is 0.448. The van der Waals surface area contributed by atoms with Crippen LogP contribution >= 0.6 is 11.8 Å². The number of urea groups is 1. The number of nitrogens with zero attached hydrogens (tertiary/aromatic N) is 4. The maximum atomic E-state index is 12.4. The van der Waals surface area contributed by atoms with Crippen molar-refractivity contribution in [3.8, 4) is 0 Å². The van der Waals surface area contributed by atoms with Gasteiger partial charge in [0.05, 0.1) is 49.6 Å². The van der Waals surface area contributed by atoms with E-state index in [4.69, 9.17) is 19.0 Å². The van der Waals surface area contributed by atoms with Crippen molar-refractivity contribution in [2.24, 2.45) is 4.99 Å². The molecule has 3 aliphatic heterocycles. The van der Waals surface area contributed by atoms with Crippen molar-refractivity contribution in [2.75, 3.05) is 56.6 Å². The number of fused-ring (bicyclic) bond motifs is 2.